The summed E-state index contributed by atoms with van der Waals surface area (Å²) in [5, 5.41) is 16.3. The molecular formula is C24H26Cl3N5O2S. The van der Waals surface area contributed by atoms with Crippen LogP contribution in [-0.2, 0) is 11.3 Å². The van der Waals surface area contributed by atoms with Crippen molar-refractivity contribution in [1.29, 1.82) is 0 Å². The first kappa shape index (κ1) is 27.3. The molecular weight excluding hydrogens is 529 g/mol. The van der Waals surface area contributed by atoms with Crippen LogP contribution in [-0.4, -0.2) is 32.3 Å². The number of anilines is 1. The van der Waals surface area contributed by atoms with E-state index in [-0.39, 0.29) is 23.6 Å². The Bertz CT molecular complexity index is 1200. The molecule has 2 amide bonds. The number of carbonyl (C=O) groups excluding carboxylic acids is 2. The highest BCUT2D eigenvalue weighted by Crippen LogP contribution is 2.27. The zero-order valence-electron chi connectivity index (χ0n) is 19.5. The van der Waals surface area contributed by atoms with E-state index in [1.165, 1.54) is 11.8 Å². The number of hydrogen-bond acceptors (Lipinski definition) is 5. The van der Waals surface area contributed by atoms with E-state index in [1.54, 1.807) is 42.5 Å². The van der Waals surface area contributed by atoms with Crippen LogP contribution >= 0.6 is 46.6 Å². The highest BCUT2D eigenvalue weighted by molar-refractivity contribution is 7.99. The lowest BCUT2D eigenvalue weighted by Crippen LogP contribution is -2.31. The highest BCUT2D eigenvalue weighted by Gasteiger charge is 2.25. The maximum absolute atomic E-state index is 12.9. The van der Waals surface area contributed by atoms with E-state index in [1.807, 2.05) is 11.5 Å². The van der Waals surface area contributed by atoms with Crippen molar-refractivity contribution < 1.29 is 9.59 Å². The summed E-state index contributed by atoms with van der Waals surface area (Å²) in [7, 11) is 0. The summed E-state index contributed by atoms with van der Waals surface area (Å²) >= 11 is 19.4. The molecule has 0 spiro atoms. The molecule has 0 unspecified atom stereocenters. The zero-order chi connectivity index (χ0) is 25.5. The fourth-order valence-electron chi connectivity index (χ4n) is 3.44. The highest BCUT2D eigenvalue weighted by atomic mass is 35.5. The maximum atomic E-state index is 12.9. The van der Waals surface area contributed by atoms with Crippen LogP contribution < -0.4 is 10.6 Å². The van der Waals surface area contributed by atoms with Gasteiger partial charge in [-0.2, -0.15) is 0 Å². The van der Waals surface area contributed by atoms with Gasteiger partial charge < -0.3 is 15.2 Å². The van der Waals surface area contributed by atoms with Crippen molar-refractivity contribution in [2.45, 2.75) is 44.9 Å². The third-order valence-corrected chi connectivity index (χ3v) is 7.08. The Morgan fingerprint density at radius 2 is 1.77 bits per heavy atom. The lowest BCUT2D eigenvalue weighted by molar-refractivity contribution is -0.113. The number of nitrogens with one attached hydrogen (secondary N) is 2. The van der Waals surface area contributed by atoms with Crippen molar-refractivity contribution in [2.24, 2.45) is 5.92 Å². The van der Waals surface area contributed by atoms with Crippen LogP contribution in [0.2, 0.25) is 15.1 Å². The molecule has 11 heteroatoms. The lowest BCUT2D eigenvalue weighted by atomic mass is 10.0. The predicted octanol–water partition coefficient (Wildman–Crippen LogP) is 6.51. The third-order valence-electron chi connectivity index (χ3n) is 5.04. The molecule has 2 aromatic carbocycles. The molecule has 3 rings (SSSR count). The van der Waals surface area contributed by atoms with Crippen LogP contribution in [0.5, 0.6) is 0 Å². The number of aromatic nitrogens is 3. The first-order chi connectivity index (χ1) is 16.7. The molecule has 0 bridgehead atoms. The van der Waals surface area contributed by atoms with E-state index in [0.29, 0.717) is 56.2 Å². The number of amides is 2. The summed E-state index contributed by atoms with van der Waals surface area (Å²) in [6.45, 7) is 6.69. The monoisotopic (exact) mass is 553 g/mol. The fourth-order valence-corrected chi connectivity index (χ4v) is 4.77. The molecule has 0 saturated heterocycles. The van der Waals surface area contributed by atoms with Gasteiger partial charge in [-0.1, -0.05) is 72.5 Å². The summed E-state index contributed by atoms with van der Waals surface area (Å²) < 4.78 is 1.91. The van der Waals surface area contributed by atoms with Gasteiger partial charge in [0.15, 0.2) is 11.0 Å². The fraction of sp³-hybridized carbons (Fsp3) is 0.333. The molecule has 0 aliphatic heterocycles. The van der Waals surface area contributed by atoms with Gasteiger partial charge in [-0.25, -0.2) is 0 Å². The molecule has 7 nitrogen and oxygen atoms in total. The number of nitrogens with zero attached hydrogens (tertiary/aromatic N) is 3. The molecule has 1 atom stereocenters. The Morgan fingerprint density at radius 3 is 2.43 bits per heavy atom. The Morgan fingerprint density at radius 1 is 1.03 bits per heavy atom. The average Bonchev–Trinajstić information content (AvgIpc) is 3.22. The quantitative estimate of drug-likeness (QED) is 0.279. The van der Waals surface area contributed by atoms with Gasteiger partial charge in [0.2, 0.25) is 5.91 Å². The van der Waals surface area contributed by atoms with E-state index < -0.39 is 0 Å². The molecule has 0 radical (unpaired) electrons. The molecule has 1 aromatic heterocycles. The summed E-state index contributed by atoms with van der Waals surface area (Å²) in [5.74, 6) is 0.559. The second-order valence-electron chi connectivity index (χ2n) is 8.19. The molecule has 0 saturated carbocycles. The molecule has 3 aromatic rings. The largest absolute Gasteiger partial charge is 0.342 e. The Kier molecular flexibility index (Phi) is 9.86. The lowest BCUT2D eigenvalue weighted by Gasteiger charge is -2.21. The summed E-state index contributed by atoms with van der Waals surface area (Å²) in [4.78, 5) is 25.4. The molecule has 0 aliphatic carbocycles. The van der Waals surface area contributed by atoms with Crippen molar-refractivity contribution in [3.05, 3.63) is 68.9 Å². The van der Waals surface area contributed by atoms with E-state index in [0.717, 1.165) is 0 Å². The van der Waals surface area contributed by atoms with Gasteiger partial charge in [0.25, 0.3) is 5.91 Å². The maximum Gasteiger partial charge on any atom is 0.253 e. The van der Waals surface area contributed by atoms with Crippen LogP contribution in [0, 0.1) is 5.92 Å². The number of thioether (sulfide) groups is 1. The number of hydrogen-bond donors (Lipinski definition) is 2. The van der Waals surface area contributed by atoms with Gasteiger partial charge in [0.1, 0.15) is 0 Å². The molecule has 0 fully saturated rings. The number of rotatable bonds is 10. The molecule has 186 valence electrons. The van der Waals surface area contributed by atoms with E-state index in [9.17, 15) is 9.59 Å². The van der Waals surface area contributed by atoms with Crippen molar-refractivity contribution in [3.8, 4) is 0 Å². The van der Waals surface area contributed by atoms with Gasteiger partial charge in [-0.05, 0) is 49.6 Å². The Hall–Kier alpha value is -2.26. The number of benzene rings is 2. The molecule has 1 heterocycles. The minimum atomic E-state index is -0.370. The first-order valence-corrected chi connectivity index (χ1v) is 13.2. The van der Waals surface area contributed by atoms with E-state index in [4.69, 9.17) is 34.8 Å². The van der Waals surface area contributed by atoms with Crippen molar-refractivity contribution >= 4 is 64.1 Å². The molecule has 35 heavy (non-hydrogen) atoms. The van der Waals surface area contributed by atoms with Crippen LogP contribution in [0.25, 0.3) is 0 Å². The predicted molar refractivity (Wildman–Crippen MR) is 143 cm³/mol. The third kappa shape index (κ3) is 7.36. The minimum Gasteiger partial charge on any atom is -0.342 e. The Labute approximate surface area is 223 Å². The van der Waals surface area contributed by atoms with Crippen molar-refractivity contribution in [3.63, 3.8) is 0 Å². The zero-order valence-corrected chi connectivity index (χ0v) is 22.6. The van der Waals surface area contributed by atoms with Crippen LogP contribution in [0.15, 0.2) is 47.6 Å². The average molecular weight is 555 g/mol. The van der Waals surface area contributed by atoms with Gasteiger partial charge in [-0.3, -0.25) is 9.59 Å². The smallest absolute Gasteiger partial charge is 0.253 e. The minimum absolute atomic E-state index is 0.124. The second-order valence-corrected chi connectivity index (χ2v) is 10.4. The van der Waals surface area contributed by atoms with E-state index in [2.05, 4.69) is 34.7 Å². The number of halogens is 3. The van der Waals surface area contributed by atoms with Crippen LogP contribution in [0.1, 0.15) is 49.4 Å². The van der Waals surface area contributed by atoms with Crippen LogP contribution in [0.4, 0.5) is 5.69 Å². The molecule has 2 N–H and O–H groups in total. The van der Waals surface area contributed by atoms with E-state index >= 15 is 0 Å². The van der Waals surface area contributed by atoms with Gasteiger partial charge in [0, 0.05) is 12.2 Å². The normalized spacial score (nSPS) is 12.0. The van der Waals surface area contributed by atoms with Gasteiger partial charge >= 0.3 is 0 Å². The van der Waals surface area contributed by atoms with Crippen molar-refractivity contribution in [1.82, 2.24) is 20.1 Å². The van der Waals surface area contributed by atoms with Crippen LogP contribution in [0.3, 0.4) is 0 Å². The van der Waals surface area contributed by atoms with Crippen molar-refractivity contribution in [2.75, 3.05) is 11.1 Å². The van der Waals surface area contributed by atoms with Gasteiger partial charge in [0.05, 0.1) is 32.4 Å². The first-order valence-electron chi connectivity index (χ1n) is 11.1. The summed E-state index contributed by atoms with van der Waals surface area (Å²) in [6, 6.07) is 11.4. The van der Waals surface area contributed by atoms with Gasteiger partial charge in [-0.15, -0.1) is 10.2 Å². The summed E-state index contributed by atoms with van der Waals surface area (Å²) in [5.41, 5.74) is 0.959. The Balaban J connectivity index is 1.73. The topological polar surface area (TPSA) is 88.9 Å². The standard InChI is InChI=1S/C24H26Cl3N5O2S/c1-4-32-22(20(11-14(2)3)29-23(34)16-7-5-6-8-17(16)25)30-31-24(32)35-13-21(33)28-15-9-10-18(26)19(27)12-15/h5-10,12,14,20H,4,11,13H2,1-3H3,(H,28,33)(H,29,34)/t20-/m1/s1. The second kappa shape index (κ2) is 12.6. The SMILES string of the molecule is CCn1c(SCC(=O)Nc2ccc(Cl)c(Cl)c2)nnc1[C@@H](CC(C)C)NC(=O)c1ccccc1Cl. The number of carbonyl (C=O) groups is 2. The summed E-state index contributed by atoms with van der Waals surface area (Å²) in [6.07, 6.45) is 0.663. The molecule has 0 aliphatic rings.